The minimum atomic E-state index is -1.08. The summed E-state index contributed by atoms with van der Waals surface area (Å²) in [5.74, 6) is -3.33. The van der Waals surface area contributed by atoms with Gasteiger partial charge in [-0.15, -0.1) is 0 Å². The largest absolute Gasteiger partial charge is 0.480 e. The van der Waals surface area contributed by atoms with Crippen molar-refractivity contribution < 1.29 is 48.0 Å². The SMILES string of the molecule is COC(=O)CN(CCN(CC(=O)O)C(CN(CC(=O)OC)CC(=O)OC)C(C)(C)C)CC(=O)OC. The van der Waals surface area contributed by atoms with Crippen molar-refractivity contribution in [3.8, 4) is 0 Å². The number of carboxylic acid groups (broad SMARTS) is 1. The maximum Gasteiger partial charge on any atom is 0.319 e. The molecular formula is C22H39N3O10. The lowest BCUT2D eigenvalue weighted by Crippen LogP contribution is -2.55. The third kappa shape index (κ3) is 13.6. The first-order chi connectivity index (χ1) is 16.3. The molecule has 0 aliphatic heterocycles. The van der Waals surface area contributed by atoms with Gasteiger partial charge >= 0.3 is 29.8 Å². The molecule has 0 heterocycles. The Bertz CT molecular complexity index is 687. The fourth-order valence-corrected chi connectivity index (χ4v) is 3.36. The fourth-order valence-electron chi connectivity index (χ4n) is 3.36. The maximum atomic E-state index is 11.9. The Hall–Kier alpha value is -2.77. The summed E-state index contributed by atoms with van der Waals surface area (Å²) in [6, 6.07) is -0.453. The van der Waals surface area contributed by atoms with Gasteiger partial charge in [0.2, 0.25) is 0 Å². The van der Waals surface area contributed by atoms with Gasteiger partial charge in [0.25, 0.3) is 0 Å². The van der Waals surface area contributed by atoms with E-state index < -0.39 is 41.3 Å². The topological polar surface area (TPSA) is 152 Å². The molecule has 0 saturated carbocycles. The summed E-state index contributed by atoms with van der Waals surface area (Å²) in [5.41, 5.74) is -0.491. The van der Waals surface area contributed by atoms with E-state index >= 15 is 0 Å². The van der Waals surface area contributed by atoms with Crippen LogP contribution in [0.2, 0.25) is 0 Å². The number of hydrogen-bond acceptors (Lipinski definition) is 12. The molecule has 0 aliphatic carbocycles. The van der Waals surface area contributed by atoms with Crippen molar-refractivity contribution in [2.75, 3.05) is 80.8 Å². The second-order valence-corrected chi connectivity index (χ2v) is 8.93. The molecule has 35 heavy (non-hydrogen) atoms. The summed E-state index contributed by atoms with van der Waals surface area (Å²) < 4.78 is 18.8. The summed E-state index contributed by atoms with van der Waals surface area (Å²) in [6.45, 7) is 5.04. The number of methoxy groups -OCH3 is 4. The van der Waals surface area contributed by atoms with E-state index in [0.29, 0.717) is 0 Å². The monoisotopic (exact) mass is 505 g/mol. The molecule has 0 spiro atoms. The summed E-state index contributed by atoms with van der Waals surface area (Å²) in [5, 5.41) is 9.57. The van der Waals surface area contributed by atoms with Crippen molar-refractivity contribution >= 4 is 29.8 Å². The van der Waals surface area contributed by atoms with Gasteiger partial charge in [0.05, 0.1) is 61.2 Å². The van der Waals surface area contributed by atoms with Crippen LogP contribution in [0.3, 0.4) is 0 Å². The average Bonchev–Trinajstić information content (AvgIpc) is 2.78. The molecule has 0 aliphatic rings. The van der Waals surface area contributed by atoms with E-state index in [4.69, 9.17) is 9.47 Å². The summed E-state index contributed by atoms with van der Waals surface area (Å²) in [4.78, 5) is 63.9. The van der Waals surface area contributed by atoms with Gasteiger partial charge in [-0.25, -0.2) is 0 Å². The van der Waals surface area contributed by atoms with Gasteiger partial charge in [-0.2, -0.15) is 0 Å². The number of esters is 4. The Morgan fingerprint density at radius 3 is 1.34 bits per heavy atom. The maximum absolute atomic E-state index is 11.9. The van der Waals surface area contributed by atoms with Gasteiger partial charge in [0, 0.05) is 25.7 Å². The predicted octanol–water partition coefficient (Wildman–Crippen LogP) is -0.916. The second kappa shape index (κ2) is 16.0. The molecule has 0 saturated heterocycles. The zero-order chi connectivity index (χ0) is 27.2. The first-order valence-electron chi connectivity index (χ1n) is 10.9. The third-order valence-corrected chi connectivity index (χ3v) is 5.23. The zero-order valence-corrected chi connectivity index (χ0v) is 21.7. The highest BCUT2D eigenvalue weighted by Gasteiger charge is 2.34. The van der Waals surface area contributed by atoms with Crippen molar-refractivity contribution in [3.05, 3.63) is 0 Å². The van der Waals surface area contributed by atoms with Gasteiger partial charge in [0.15, 0.2) is 0 Å². The van der Waals surface area contributed by atoms with Crippen LogP contribution in [-0.2, 0) is 42.9 Å². The smallest absolute Gasteiger partial charge is 0.319 e. The molecule has 1 N–H and O–H groups in total. The molecular weight excluding hydrogens is 466 g/mol. The van der Waals surface area contributed by atoms with Crippen LogP contribution in [-0.4, -0.2) is 136 Å². The Balaban J connectivity index is 5.90. The lowest BCUT2D eigenvalue weighted by molar-refractivity contribution is -0.147. The molecule has 0 radical (unpaired) electrons. The van der Waals surface area contributed by atoms with Crippen molar-refractivity contribution in [1.82, 2.24) is 14.7 Å². The lowest BCUT2D eigenvalue weighted by Gasteiger charge is -2.42. The minimum Gasteiger partial charge on any atom is -0.480 e. The van der Waals surface area contributed by atoms with Gasteiger partial charge in [0.1, 0.15) is 0 Å². The van der Waals surface area contributed by atoms with Crippen LogP contribution in [0.25, 0.3) is 0 Å². The van der Waals surface area contributed by atoms with Crippen molar-refractivity contribution in [3.63, 3.8) is 0 Å². The third-order valence-electron chi connectivity index (χ3n) is 5.23. The number of carbonyl (C=O) groups excluding carboxylic acids is 4. The summed E-state index contributed by atoms with van der Waals surface area (Å²) in [6.07, 6.45) is 0. The van der Waals surface area contributed by atoms with Gasteiger partial charge in [-0.05, 0) is 5.41 Å². The quantitative estimate of drug-likeness (QED) is 0.203. The highest BCUT2D eigenvalue weighted by atomic mass is 16.5. The highest BCUT2D eigenvalue weighted by molar-refractivity contribution is 5.75. The molecule has 1 atom stereocenters. The van der Waals surface area contributed by atoms with Crippen LogP contribution in [0.4, 0.5) is 0 Å². The molecule has 0 amide bonds. The fraction of sp³-hybridized carbons (Fsp3) is 0.773. The van der Waals surface area contributed by atoms with Gasteiger partial charge < -0.3 is 24.1 Å². The van der Waals surface area contributed by atoms with E-state index in [1.807, 2.05) is 20.8 Å². The lowest BCUT2D eigenvalue weighted by atomic mass is 9.85. The molecule has 202 valence electrons. The van der Waals surface area contributed by atoms with Crippen molar-refractivity contribution in [2.24, 2.45) is 5.41 Å². The Kier molecular flexibility index (Phi) is 14.7. The zero-order valence-electron chi connectivity index (χ0n) is 21.7. The van der Waals surface area contributed by atoms with Crippen molar-refractivity contribution in [2.45, 2.75) is 26.8 Å². The van der Waals surface area contributed by atoms with Crippen LogP contribution in [0, 0.1) is 5.41 Å². The highest BCUT2D eigenvalue weighted by Crippen LogP contribution is 2.25. The Morgan fingerprint density at radius 2 is 1.03 bits per heavy atom. The molecule has 13 heteroatoms. The molecule has 0 aromatic carbocycles. The standard InChI is InChI=1S/C22H39N3O10/c1-22(2,3)16(10-24(14-20(30)34-6)15-21(31)35-7)25(11-17(26)27)9-8-23(12-18(28)32-4)13-19(29)33-5/h16H,8-15H2,1-7H3,(H,26,27). The van der Waals surface area contributed by atoms with E-state index in [2.05, 4.69) is 9.47 Å². The number of aliphatic carboxylic acids is 1. The van der Waals surface area contributed by atoms with E-state index in [0.717, 1.165) is 0 Å². The number of nitrogens with zero attached hydrogens (tertiary/aromatic N) is 3. The Morgan fingerprint density at radius 1 is 0.657 bits per heavy atom. The number of carboxylic acids is 1. The minimum absolute atomic E-state index is 0.148. The van der Waals surface area contributed by atoms with E-state index in [9.17, 15) is 29.1 Å². The molecule has 13 nitrogen and oxygen atoms in total. The number of hydrogen-bond donors (Lipinski definition) is 1. The van der Waals surface area contributed by atoms with Crippen LogP contribution < -0.4 is 0 Å². The van der Waals surface area contributed by atoms with Crippen LogP contribution in [0.1, 0.15) is 20.8 Å². The molecule has 0 aromatic rings. The Labute approximate surface area is 206 Å². The first kappa shape index (κ1) is 32.2. The molecule has 0 fully saturated rings. The number of rotatable bonds is 16. The van der Waals surface area contributed by atoms with Gasteiger partial charge in [-0.3, -0.25) is 38.7 Å². The second-order valence-electron chi connectivity index (χ2n) is 8.93. The normalized spacial score (nSPS) is 12.4. The van der Waals surface area contributed by atoms with Crippen molar-refractivity contribution in [1.29, 1.82) is 0 Å². The number of ether oxygens (including phenoxy) is 4. The van der Waals surface area contributed by atoms with E-state index in [1.165, 1.54) is 38.2 Å². The van der Waals surface area contributed by atoms with Gasteiger partial charge in [-0.1, -0.05) is 20.8 Å². The molecule has 1 unspecified atom stereocenters. The first-order valence-corrected chi connectivity index (χ1v) is 10.9. The molecule has 0 bridgehead atoms. The molecule has 0 aromatic heterocycles. The number of carbonyl (C=O) groups is 5. The van der Waals surface area contributed by atoms with E-state index in [1.54, 1.807) is 4.90 Å². The predicted molar refractivity (Wildman–Crippen MR) is 123 cm³/mol. The average molecular weight is 506 g/mol. The summed E-state index contributed by atoms with van der Waals surface area (Å²) >= 11 is 0. The van der Waals surface area contributed by atoms with Crippen LogP contribution in [0.15, 0.2) is 0 Å². The van der Waals surface area contributed by atoms with Crippen LogP contribution >= 0.6 is 0 Å². The van der Waals surface area contributed by atoms with Crippen LogP contribution in [0.5, 0.6) is 0 Å². The molecule has 0 rings (SSSR count). The van der Waals surface area contributed by atoms with E-state index in [-0.39, 0.29) is 52.4 Å². The summed E-state index contributed by atoms with van der Waals surface area (Å²) in [7, 11) is 4.91.